The highest BCUT2D eigenvalue weighted by Crippen LogP contribution is 2.20. The van der Waals surface area contributed by atoms with Crippen LogP contribution in [0.4, 0.5) is 5.69 Å². The van der Waals surface area contributed by atoms with Crippen LogP contribution in [0.5, 0.6) is 5.75 Å². The van der Waals surface area contributed by atoms with Gasteiger partial charge in [-0.1, -0.05) is 6.07 Å². The number of carbonyl (C=O) groups excluding carboxylic acids is 2. The molecule has 0 spiro atoms. The highest BCUT2D eigenvalue weighted by Gasteiger charge is 2.13. The van der Waals surface area contributed by atoms with Crippen molar-refractivity contribution in [2.45, 2.75) is 6.92 Å². The van der Waals surface area contributed by atoms with E-state index in [0.29, 0.717) is 24.4 Å². The van der Waals surface area contributed by atoms with Gasteiger partial charge in [-0.15, -0.1) is 0 Å². The van der Waals surface area contributed by atoms with E-state index in [0.717, 1.165) is 5.69 Å². The SMILES string of the molecule is COc1cccc(N(CCNC(=O)c2cccnc2)C(C)=O)c1. The number of nitrogens with one attached hydrogen (secondary N) is 1. The number of pyridine rings is 1. The zero-order valence-electron chi connectivity index (χ0n) is 13.2. The van der Waals surface area contributed by atoms with E-state index >= 15 is 0 Å². The summed E-state index contributed by atoms with van der Waals surface area (Å²) in [5.74, 6) is 0.356. The first-order valence-corrected chi connectivity index (χ1v) is 7.22. The highest BCUT2D eigenvalue weighted by molar-refractivity contribution is 5.94. The number of nitrogens with zero attached hydrogens (tertiary/aromatic N) is 2. The average molecular weight is 313 g/mol. The summed E-state index contributed by atoms with van der Waals surface area (Å²) in [4.78, 5) is 29.3. The maximum atomic E-state index is 12.0. The fraction of sp³-hybridized carbons (Fsp3) is 0.235. The molecule has 1 aromatic heterocycles. The molecule has 2 aromatic rings. The number of hydrogen-bond acceptors (Lipinski definition) is 4. The number of benzene rings is 1. The third kappa shape index (κ3) is 4.54. The molecule has 2 rings (SSSR count). The van der Waals surface area contributed by atoms with Crippen LogP contribution in [-0.4, -0.2) is 37.0 Å². The molecule has 0 saturated heterocycles. The van der Waals surface area contributed by atoms with Crippen LogP contribution < -0.4 is 15.0 Å². The second kappa shape index (κ2) is 7.93. The number of hydrogen-bond donors (Lipinski definition) is 1. The quantitative estimate of drug-likeness (QED) is 0.884. The van der Waals surface area contributed by atoms with Crippen LogP contribution in [0.15, 0.2) is 48.8 Å². The molecule has 0 atom stereocenters. The Morgan fingerprint density at radius 1 is 1.26 bits per heavy atom. The van der Waals surface area contributed by atoms with Gasteiger partial charge in [0, 0.05) is 44.2 Å². The number of aromatic nitrogens is 1. The van der Waals surface area contributed by atoms with Crippen molar-refractivity contribution in [3.63, 3.8) is 0 Å². The molecule has 0 aliphatic carbocycles. The Morgan fingerprint density at radius 3 is 2.74 bits per heavy atom. The molecule has 0 bridgehead atoms. The monoisotopic (exact) mass is 313 g/mol. The number of ether oxygens (including phenoxy) is 1. The van der Waals surface area contributed by atoms with Gasteiger partial charge in [0.1, 0.15) is 5.75 Å². The van der Waals surface area contributed by atoms with Crippen LogP contribution in [0, 0.1) is 0 Å². The maximum absolute atomic E-state index is 12.0. The molecule has 0 fully saturated rings. The lowest BCUT2D eigenvalue weighted by Gasteiger charge is -2.22. The lowest BCUT2D eigenvalue weighted by Crippen LogP contribution is -2.37. The smallest absolute Gasteiger partial charge is 0.252 e. The normalized spacial score (nSPS) is 10.0. The predicted octanol–water partition coefficient (Wildman–Crippen LogP) is 1.87. The van der Waals surface area contributed by atoms with Crippen molar-refractivity contribution in [2.24, 2.45) is 0 Å². The summed E-state index contributed by atoms with van der Waals surface area (Å²) in [6, 6.07) is 10.6. The highest BCUT2D eigenvalue weighted by atomic mass is 16.5. The minimum atomic E-state index is -0.216. The van der Waals surface area contributed by atoms with E-state index in [1.54, 1.807) is 36.4 Å². The van der Waals surface area contributed by atoms with Crippen molar-refractivity contribution < 1.29 is 14.3 Å². The second-order valence-electron chi connectivity index (χ2n) is 4.87. The minimum absolute atomic E-state index is 0.103. The van der Waals surface area contributed by atoms with Gasteiger partial charge in [-0.05, 0) is 24.3 Å². The van der Waals surface area contributed by atoms with Crippen LogP contribution in [0.1, 0.15) is 17.3 Å². The zero-order chi connectivity index (χ0) is 16.7. The standard InChI is InChI=1S/C17H19N3O3/c1-13(21)20(15-6-3-7-16(11-15)23-2)10-9-19-17(22)14-5-4-8-18-12-14/h3-8,11-12H,9-10H2,1-2H3,(H,19,22). The molecular formula is C17H19N3O3. The number of carbonyl (C=O) groups is 2. The van der Waals surface area contributed by atoms with Gasteiger partial charge in [0.05, 0.1) is 12.7 Å². The topological polar surface area (TPSA) is 71.5 Å². The van der Waals surface area contributed by atoms with Crippen molar-refractivity contribution in [2.75, 3.05) is 25.1 Å². The van der Waals surface area contributed by atoms with Crippen molar-refractivity contribution in [1.29, 1.82) is 0 Å². The van der Waals surface area contributed by atoms with Crippen molar-refractivity contribution in [3.8, 4) is 5.75 Å². The van der Waals surface area contributed by atoms with E-state index in [9.17, 15) is 9.59 Å². The lowest BCUT2D eigenvalue weighted by molar-refractivity contribution is -0.116. The molecule has 6 nitrogen and oxygen atoms in total. The van der Waals surface area contributed by atoms with E-state index in [1.807, 2.05) is 18.2 Å². The summed E-state index contributed by atoms with van der Waals surface area (Å²) in [6.45, 7) is 2.20. The summed E-state index contributed by atoms with van der Waals surface area (Å²) in [5, 5.41) is 2.78. The Kier molecular flexibility index (Phi) is 5.68. The van der Waals surface area contributed by atoms with E-state index < -0.39 is 0 Å². The van der Waals surface area contributed by atoms with E-state index in [2.05, 4.69) is 10.3 Å². The zero-order valence-corrected chi connectivity index (χ0v) is 13.2. The number of amides is 2. The van der Waals surface area contributed by atoms with E-state index in [4.69, 9.17) is 4.74 Å². The minimum Gasteiger partial charge on any atom is -0.497 e. The Morgan fingerprint density at radius 2 is 2.09 bits per heavy atom. The van der Waals surface area contributed by atoms with Crippen LogP contribution in [0.3, 0.4) is 0 Å². The Labute approximate surface area is 135 Å². The molecule has 1 heterocycles. The summed E-state index contributed by atoms with van der Waals surface area (Å²) in [6.07, 6.45) is 3.11. The fourth-order valence-corrected chi connectivity index (χ4v) is 2.13. The maximum Gasteiger partial charge on any atom is 0.252 e. The van der Waals surface area contributed by atoms with Crippen molar-refractivity contribution in [1.82, 2.24) is 10.3 Å². The summed E-state index contributed by atoms with van der Waals surface area (Å²) < 4.78 is 5.17. The molecule has 1 aromatic carbocycles. The summed E-state index contributed by atoms with van der Waals surface area (Å²) in [5.41, 5.74) is 1.22. The van der Waals surface area contributed by atoms with E-state index in [-0.39, 0.29) is 11.8 Å². The molecule has 120 valence electrons. The summed E-state index contributed by atoms with van der Waals surface area (Å²) in [7, 11) is 1.57. The number of rotatable bonds is 6. The molecule has 0 unspecified atom stereocenters. The summed E-state index contributed by atoms with van der Waals surface area (Å²) >= 11 is 0. The Bertz CT molecular complexity index is 674. The molecule has 0 saturated carbocycles. The van der Waals surface area contributed by atoms with Gasteiger partial charge >= 0.3 is 0 Å². The molecule has 6 heteroatoms. The van der Waals surface area contributed by atoms with Crippen molar-refractivity contribution >= 4 is 17.5 Å². The van der Waals surface area contributed by atoms with Gasteiger partial charge in [0.15, 0.2) is 0 Å². The predicted molar refractivity (Wildman–Crippen MR) is 87.6 cm³/mol. The van der Waals surface area contributed by atoms with Crippen LogP contribution in [-0.2, 0) is 4.79 Å². The molecule has 0 aliphatic heterocycles. The molecule has 2 amide bonds. The largest absolute Gasteiger partial charge is 0.497 e. The number of anilines is 1. The first-order chi connectivity index (χ1) is 11.1. The molecule has 1 N–H and O–H groups in total. The lowest BCUT2D eigenvalue weighted by atomic mass is 10.2. The van der Waals surface area contributed by atoms with Gasteiger partial charge in [-0.2, -0.15) is 0 Å². The molecule has 0 aliphatic rings. The van der Waals surface area contributed by atoms with E-state index in [1.165, 1.54) is 13.1 Å². The van der Waals surface area contributed by atoms with Gasteiger partial charge in [0.2, 0.25) is 5.91 Å². The van der Waals surface area contributed by atoms with Gasteiger partial charge in [0.25, 0.3) is 5.91 Å². The fourth-order valence-electron chi connectivity index (χ4n) is 2.13. The first kappa shape index (κ1) is 16.5. The van der Waals surface area contributed by atoms with Gasteiger partial charge in [-0.25, -0.2) is 0 Å². The third-order valence-corrected chi connectivity index (χ3v) is 3.29. The first-order valence-electron chi connectivity index (χ1n) is 7.22. The molecular weight excluding hydrogens is 294 g/mol. The second-order valence-corrected chi connectivity index (χ2v) is 4.87. The number of methoxy groups -OCH3 is 1. The Balaban J connectivity index is 1.98. The molecule has 23 heavy (non-hydrogen) atoms. The molecule has 0 radical (unpaired) electrons. The van der Waals surface area contributed by atoms with Gasteiger partial charge < -0.3 is 15.0 Å². The van der Waals surface area contributed by atoms with Crippen LogP contribution in [0.25, 0.3) is 0 Å². The Hall–Kier alpha value is -2.89. The average Bonchev–Trinajstić information content (AvgIpc) is 2.59. The van der Waals surface area contributed by atoms with Crippen LogP contribution in [0.2, 0.25) is 0 Å². The third-order valence-electron chi connectivity index (χ3n) is 3.29. The van der Waals surface area contributed by atoms with Gasteiger partial charge in [-0.3, -0.25) is 14.6 Å². The van der Waals surface area contributed by atoms with Crippen LogP contribution >= 0.6 is 0 Å². The van der Waals surface area contributed by atoms with Crippen molar-refractivity contribution in [3.05, 3.63) is 54.4 Å².